The molecule has 0 aromatic heterocycles. The van der Waals surface area contributed by atoms with Crippen molar-refractivity contribution >= 4 is 5.91 Å². The van der Waals surface area contributed by atoms with Gasteiger partial charge in [-0.15, -0.1) is 0 Å². The summed E-state index contributed by atoms with van der Waals surface area (Å²) in [6.45, 7) is 4.10. The molecule has 4 nitrogen and oxygen atoms in total. The predicted octanol–water partition coefficient (Wildman–Crippen LogP) is 1.32. The molecule has 0 aliphatic rings. The Morgan fingerprint density at radius 2 is 2.06 bits per heavy atom. The first-order chi connectivity index (χ1) is 8.74. The number of carbonyl (C=O) groups excluding carboxylic acids is 1. The Morgan fingerprint density at radius 1 is 1.33 bits per heavy atom. The number of nitrogens with one attached hydrogen (secondary N) is 2. The maximum atomic E-state index is 11.2. The minimum atomic E-state index is -0.371. The summed E-state index contributed by atoms with van der Waals surface area (Å²) in [5.74, 6) is -0.0766. The molecule has 18 heavy (non-hydrogen) atoms. The Labute approximate surface area is 109 Å². The maximum Gasteiger partial charge on any atom is 0.248 e. The van der Waals surface area contributed by atoms with E-state index >= 15 is 0 Å². The number of benzene rings is 1. The van der Waals surface area contributed by atoms with E-state index in [1.165, 1.54) is 5.56 Å². The Morgan fingerprint density at radius 3 is 2.72 bits per heavy atom. The van der Waals surface area contributed by atoms with Crippen LogP contribution in [0.1, 0.15) is 18.9 Å². The number of hydrogen-bond acceptors (Lipinski definition) is 3. The van der Waals surface area contributed by atoms with Gasteiger partial charge in [0.2, 0.25) is 5.91 Å². The van der Waals surface area contributed by atoms with E-state index in [4.69, 9.17) is 4.74 Å². The predicted molar refractivity (Wildman–Crippen MR) is 72.2 cm³/mol. The molecule has 1 amide bonds. The number of likely N-dealkylation sites (N-methyl/N-ethyl adjacent to an activating group) is 1. The number of rotatable bonds is 8. The molecule has 0 heterocycles. The molecular formula is C14H22N2O2. The summed E-state index contributed by atoms with van der Waals surface area (Å²) in [5, 5.41) is 5.90. The quantitative estimate of drug-likeness (QED) is 0.684. The fourth-order valence-electron chi connectivity index (χ4n) is 1.56. The number of ether oxygens (including phenoxy) is 1. The second-order valence-corrected chi connectivity index (χ2v) is 4.14. The van der Waals surface area contributed by atoms with E-state index < -0.39 is 0 Å². The fourth-order valence-corrected chi connectivity index (χ4v) is 1.56. The van der Waals surface area contributed by atoms with E-state index in [0.29, 0.717) is 6.61 Å². The zero-order valence-electron chi connectivity index (χ0n) is 11.1. The number of hydrogen-bond donors (Lipinski definition) is 2. The number of amides is 1. The molecule has 1 rings (SSSR count). The summed E-state index contributed by atoms with van der Waals surface area (Å²) in [6, 6.07) is 10.3. The van der Waals surface area contributed by atoms with Crippen molar-refractivity contribution in [2.75, 3.05) is 20.2 Å². The molecule has 0 aliphatic heterocycles. The minimum Gasteiger partial charge on any atom is -0.369 e. The third-order valence-corrected chi connectivity index (χ3v) is 2.65. The van der Waals surface area contributed by atoms with Gasteiger partial charge in [-0.05, 0) is 25.5 Å². The molecule has 0 aliphatic carbocycles. The summed E-state index contributed by atoms with van der Waals surface area (Å²) in [6.07, 6.45) is 0.526. The van der Waals surface area contributed by atoms with Crippen LogP contribution < -0.4 is 10.6 Å². The molecule has 0 saturated heterocycles. The van der Waals surface area contributed by atoms with Crippen LogP contribution in [0, 0.1) is 0 Å². The Balaban J connectivity index is 2.01. The van der Waals surface area contributed by atoms with E-state index in [2.05, 4.69) is 22.8 Å². The standard InChI is InChI=1S/C14H22N2O2/c1-12(14(17)15-2)18-10-6-9-16-11-13-7-4-3-5-8-13/h3-5,7-8,12,16H,6,9-11H2,1-2H3,(H,15,17). The second-order valence-electron chi connectivity index (χ2n) is 4.14. The lowest BCUT2D eigenvalue weighted by atomic mass is 10.2. The van der Waals surface area contributed by atoms with Crippen LogP contribution in [0.3, 0.4) is 0 Å². The highest BCUT2D eigenvalue weighted by Gasteiger charge is 2.09. The second kappa shape index (κ2) is 8.66. The Hall–Kier alpha value is -1.39. The van der Waals surface area contributed by atoms with E-state index in [1.54, 1.807) is 14.0 Å². The highest BCUT2D eigenvalue weighted by molar-refractivity contribution is 5.79. The maximum absolute atomic E-state index is 11.2. The largest absolute Gasteiger partial charge is 0.369 e. The van der Waals surface area contributed by atoms with Gasteiger partial charge in [0.15, 0.2) is 0 Å². The summed E-state index contributed by atoms with van der Waals surface area (Å²) in [7, 11) is 1.61. The highest BCUT2D eigenvalue weighted by atomic mass is 16.5. The Bertz CT molecular complexity index is 341. The molecule has 1 unspecified atom stereocenters. The van der Waals surface area contributed by atoms with Gasteiger partial charge in [0.25, 0.3) is 0 Å². The lowest BCUT2D eigenvalue weighted by Crippen LogP contribution is -2.32. The lowest BCUT2D eigenvalue weighted by Gasteiger charge is -2.11. The summed E-state index contributed by atoms with van der Waals surface area (Å²) in [5.41, 5.74) is 1.28. The molecule has 4 heteroatoms. The van der Waals surface area contributed by atoms with Crippen molar-refractivity contribution in [3.05, 3.63) is 35.9 Å². The van der Waals surface area contributed by atoms with Crippen LogP contribution in [0.15, 0.2) is 30.3 Å². The van der Waals surface area contributed by atoms with Gasteiger partial charge in [-0.2, -0.15) is 0 Å². The summed E-state index contributed by atoms with van der Waals surface area (Å²) >= 11 is 0. The molecule has 2 N–H and O–H groups in total. The minimum absolute atomic E-state index is 0.0766. The molecule has 0 bridgehead atoms. The first-order valence-corrected chi connectivity index (χ1v) is 6.32. The van der Waals surface area contributed by atoms with Crippen molar-refractivity contribution in [3.8, 4) is 0 Å². The van der Waals surface area contributed by atoms with Crippen molar-refractivity contribution in [3.63, 3.8) is 0 Å². The molecule has 1 atom stereocenters. The normalized spacial score (nSPS) is 12.1. The molecule has 1 aromatic rings. The monoisotopic (exact) mass is 250 g/mol. The van der Waals surface area contributed by atoms with Crippen molar-refractivity contribution in [2.24, 2.45) is 0 Å². The SMILES string of the molecule is CNC(=O)C(C)OCCCNCc1ccccc1. The van der Waals surface area contributed by atoms with Crippen LogP contribution >= 0.6 is 0 Å². The zero-order valence-corrected chi connectivity index (χ0v) is 11.1. The van der Waals surface area contributed by atoms with E-state index in [9.17, 15) is 4.79 Å². The fraction of sp³-hybridized carbons (Fsp3) is 0.500. The smallest absolute Gasteiger partial charge is 0.248 e. The van der Waals surface area contributed by atoms with Crippen molar-refractivity contribution < 1.29 is 9.53 Å². The van der Waals surface area contributed by atoms with Gasteiger partial charge in [0, 0.05) is 20.2 Å². The van der Waals surface area contributed by atoms with Crippen LogP contribution in [0.5, 0.6) is 0 Å². The van der Waals surface area contributed by atoms with Crippen LogP contribution in [-0.4, -0.2) is 32.2 Å². The van der Waals surface area contributed by atoms with Gasteiger partial charge in [-0.1, -0.05) is 30.3 Å². The van der Waals surface area contributed by atoms with Crippen LogP contribution in [0.4, 0.5) is 0 Å². The molecule has 0 spiro atoms. The van der Waals surface area contributed by atoms with Gasteiger partial charge in [-0.3, -0.25) is 4.79 Å². The van der Waals surface area contributed by atoms with Crippen molar-refractivity contribution in [1.29, 1.82) is 0 Å². The first-order valence-electron chi connectivity index (χ1n) is 6.32. The van der Waals surface area contributed by atoms with Gasteiger partial charge < -0.3 is 15.4 Å². The van der Waals surface area contributed by atoms with E-state index in [-0.39, 0.29) is 12.0 Å². The van der Waals surface area contributed by atoms with Gasteiger partial charge in [0.1, 0.15) is 6.10 Å². The van der Waals surface area contributed by atoms with Gasteiger partial charge in [-0.25, -0.2) is 0 Å². The average Bonchev–Trinajstić information content (AvgIpc) is 2.42. The highest BCUT2D eigenvalue weighted by Crippen LogP contribution is 1.97. The van der Waals surface area contributed by atoms with Crippen LogP contribution in [-0.2, 0) is 16.1 Å². The molecule has 0 fully saturated rings. The molecule has 100 valence electrons. The van der Waals surface area contributed by atoms with Crippen LogP contribution in [0.25, 0.3) is 0 Å². The Kier molecular flexibility index (Phi) is 7.06. The van der Waals surface area contributed by atoms with E-state index in [0.717, 1.165) is 19.5 Å². The first kappa shape index (κ1) is 14.7. The molecule has 0 saturated carbocycles. The van der Waals surface area contributed by atoms with Crippen LogP contribution in [0.2, 0.25) is 0 Å². The third kappa shape index (κ3) is 5.80. The van der Waals surface area contributed by atoms with Crippen molar-refractivity contribution in [2.45, 2.75) is 26.0 Å². The van der Waals surface area contributed by atoms with Gasteiger partial charge >= 0.3 is 0 Å². The molecule has 0 radical (unpaired) electrons. The topological polar surface area (TPSA) is 50.4 Å². The van der Waals surface area contributed by atoms with Crippen molar-refractivity contribution in [1.82, 2.24) is 10.6 Å². The summed E-state index contributed by atoms with van der Waals surface area (Å²) < 4.78 is 5.39. The molecule has 1 aromatic carbocycles. The summed E-state index contributed by atoms with van der Waals surface area (Å²) in [4.78, 5) is 11.2. The van der Waals surface area contributed by atoms with Gasteiger partial charge in [0.05, 0.1) is 0 Å². The molecular weight excluding hydrogens is 228 g/mol. The zero-order chi connectivity index (χ0) is 13.2. The average molecular weight is 250 g/mol. The lowest BCUT2D eigenvalue weighted by molar-refractivity contribution is -0.131. The number of carbonyl (C=O) groups is 1. The van der Waals surface area contributed by atoms with E-state index in [1.807, 2.05) is 18.2 Å². The third-order valence-electron chi connectivity index (χ3n) is 2.65.